The Morgan fingerprint density at radius 3 is 2.36 bits per heavy atom. The van der Waals surface area contributed by atoms with Crippen molar-refractivity contribution >= 4 is 23.8 Å². The average Bonchev–Trinajstić information content (AvgIpc) is 2.74. The quantitative estimate of drug-likeness (QED) is 0.577. The van der Waals surface area contributed by atoms with E-state index in [1.165, 1.54) is 0 Å². The molecule has 116 valence electrons. The Morgan fingerprint density at radius 1 is 1.05 bits per heavy atom. The number of ether oxygens (including phenoxy) is 2. The van der Waals surface area contributed by atoms with E-state index in [0.717, 1.165) is 0 Å². The standard InChI is InChI=1S/C13H13N3O6/c1-3-21-7(17)5-6-8(13(20)22-4-2)9-10(16-15-6)12(19)14-11(9)18/h3-5H2,1-2H3,(H,14,18,19). The molecule has 0 saturated heterocycles. The third-order valence-corrected chi connectivity index (χ3v) is 2.81. The fourth-order valence-corrected chi connectivity index (χ4v) is 1.97. The second-order valence-electron chi connectivity index (χ2n) is 4.23. The number of carbonyl (C=O) groups excluding carboxylic acids is 4. The molecule has 1 aliphatic heterocycles. The van der Waals surface area contributed by atoms with Crippen LogP contribution in [0.2, 0.25) is 0 Å². The van der Waals surface area contributed by atoms with Crippen LogP contribution in [0.3, 0.4) is 0 Å². The molecule has 9 heteroatoms. The second kappa shape index (κ2) is 6.29. The summed E-state index contributed by atoms with van der Waals surface area (Å²) in [6.45, 7) is 3.43. The molecule has 9 nitrogen and oxygen atoms in total. The molecule has 1 aromatic heterocycles. The highest BCUT2D eigenvalue weighted by molar-refractivity contribution is 6.23. The Hall–Kier alpha value is -2.84. The van der Waals surface area contributed by atoms with E-state index in [-0.39, 0.29) is 42.1 Å². The van der Waals surface area contributed by atoms with Gasteiger partial charge in [-0.05, 0) is 13.8 Å². The summed E-state index contributed by atoms with van der Waals surface area (Å²) < 4.78 is 9.65. The number of imide groups is 1. The Morgan fingerprint density at radius 2 is 1.73 bits per heavy atom. The molecule has 0 saturated carbocycles. The lowest BCUT2D eigenvalue weighted by Gasteiger charge is -2.09. The van der Waals surface area contributed by atoms with Gasteiger partial charge in [0.15, 0.2) is 5.69 Å². The number of esters is 2. The van der Waals surface area contributed by atoms with Crippen LogP contribution < -0.4 is 5.32 Å². The summed E-state index contributed by atoms with van der Waals surface area (Å²) in [5.41, 5.74) is -0.790. The van der Waals surface area contributed by atoms with Gasteiger partial charge in [-0.2, -0.15) is 5.10 Å². The molecule has 2 rings (SSSR count). The van der Waals surface area contributed by atoms with Crippen LogP contribution in [0.4, 0.5) is 0 Å². The first-order chi connectivity index (χ1) is 10.5. The van der Waals surface area contributed by atoms with E-state index in [4.69, 9.17) is 9.47 Å². The molecular formula is C13H13N3O6. The summed E-state index contributed by atoms with van der Waals surface area (Å²) in [6, 6.07) is 0. The van der Waals surface area contributed by atoms with Gasteiger partial charge < -0.3 is 9.47 Å². The fourth-order valence-electron chi connectivity index (χ4n) is 1.97. The summed E-state index contributed by atoms with van der Waals surface area (Å²) >= 11 is 0. The zero-order chi connectivity index (χ0) is 16.3. The predicted octanol–water partition coefficient (Wildman–Crippen LogP) is -0.357. The van der Waals surface area contributed by atoms with Crippen molar-refractivity contribution in [2.45, 2.75) is 20.3 Å². The molecule has 2 amide bonds. The number of nitrogens with zero attached hydrogens (tertiary/aromatic N) is 2. The van der Waals surface area contributed by atoms with Gasteiger partial charge in [0.1, 0.15) is 0 Å². The topological polar surface area (TPSA) is 125 Å². The van der Waals surface area contributed by atoms with E-state index in [9.17, 15) is 19.2 Å². The minimum atomic E-state index is -0.849. The highest BCUT2D eigenvalue weighted by Gasteiger charge is 2.37. The summed E-state index contributed by atoms with van der Waals surface area (Å²) in [5.74, 6) is -3.01. The van der Waals surface area contributed by atoms with E-state index < -0.39 is 23.8 Å². The molecule has 0 aliphatic carbocycles. The molecule has 0 unspecified atom stereocenters. The van der Waals surface area contributed by atoms with Gasteiger partial charge in [-0.15, -0.1) is 5.10 Å². The average molecular weight is 307 g/mol. The molecule has 0 spiro atoms. The van der Waals surface area contributed by atoms with Crippen LogP contribution in [0.1, 0.15) is 50.7 Å². The Balaban J connectivity index is 2.52. The van der Waals surface area contributed by atoms with E-state index >= 15 is 0 Å². The lowest BCUT2D eigenvalue weighted by atomic mass is 10.0. The summed E-state index contributed by atoms with van der Waals surface area (Å²) in [6.07, 6.45) is -0.357. The Labute approximate surface area is 125 Å². The zero-order valence-electron chi connectivity index (χ0n) is 12.0. The van der Waals surface area contributed by atoms with Crippen molar-refractivity contribution in [2.24, 2.45) is 0 Å². The van der Waals surface area contributed by atoms with Crippen LogP contribution in [-0.2, 0) is 20.7 Å². The van der Waals surface area contributed by atoms with Gasteiger partial charge in [0.05, 0.1) is 36.5 Å². The van der Waals surface area contributed by atoms with E-state index in [1.54, 1.807) is 13.8 Å². The number of nitrogens with one attached hydrogen (secondary N) is 1. The van der Waals surface area contributed by atoms with E-state index in [1.807, 2.05) is 5.32 Å². The van der Waals surface area contributed by atoms with Crippen molar-refractivity contribution in [1.29, 1.82) is 0 Å². The van der Waals surface area contributed by atoms with Gasteiger partial charge in [-0.3, -0.25) is 19.7 Å². The third-order valence-electron chi connectivity index (χ3n) is 2.81. The van der Waals surface area contributed by atoms with Crippen LogP contribution in [0.15, 0.2) is 0 Å². The van der Waals surface area contributed by atoms with Crippen molar-refractivity contribution in [1.82, 2.24) is 15.5 Å². The van der Waals surface area contributed by atoms with Crippen molar-refractivity contribution in [3.05, 3.63) is 22.5 Å². The highest BCUT2D eigenvalue weighted by atomic mass is 16.5. The van der Waals surface area contributed by atoms with Crippen molar-refractivity contribution < 1.29 is 28.7 Å². The molecule has 1 aromatic rings. The largest absolute Gasteiger partial charge is 0.466 e. The lowest BCUT2D eigenvalue weighted by molar-refractivity contribution is -0.142. The zero-order valence-corrected chi connectivity index (χ0v) is 12.0. The fraction of sp³-hybridized carbons (Fsp3) is 0.385. The molecular weight excluding hydrogens is 294 g/mol. The highest BCUT2D eigenvalue weighted by Crippen LogP contribution is 2.21. The lowest BCUT2D eigenvalue weighted by Crippen LogP contribution is -2.22. The van der Waals surface area contributed by atoms with E-state index in [2.05, 4.69) is 10.2 Å². The number of carbonyl (C=O) groups is 4. The van der Waals surface area contributed by atoms with Crippen molar-refractivity contribution in [2.75, 3.05) is 13.2 Å². The molecule has 0 bridgehead atoms. The van der Waals surface area contributed by atoms with Crippen molar-refractivity contribution in [3.63, 3.8) is 0 Å². The molecule has 0 aromatic carbocycles. The van der Waals surface area contributed by atoms with Gasteiger partial charge in [0.2, 0.25) is 0 Å². The summed E-state index contributed by atoms with van der Waals surface area (Å²) in [4.78, 5) is 47.1. The first kappa shape index (κ1) is 15.5. The first-order valence-corrected chi connectivity index (χ1v) is 6.57. The normalized spacial score (nSPS) is 12.6. The number of rotatable bonds is 5. The number of amides is 2. The number of aromatic nitrogens is 2. The predicted molar refractivity (Wildman–Crippen MR) is 70.1 cm³/mol. The molecule has 0 atom stereocenters. The van der Waals surface area contributed by atoms with Crippen LogP contribution >= 0.6 is 0 Å². The summed E-state index contributed by atoms with van der Waals surface area (Å²) in [7, 11) is 0. The molecule has 2 heterocycles. The van der Waals surface area contributed by atoms with Crippen LogP contribution in [0, 0.1) is 0 Å². The van der Waals surface area contributed by atoms with E-state index in [0.29, 0.717) is 0 Å². The van der Waals surface area contributed by atoms with Gasteiger partial charge in [0.25, 0.3) is 11.8 Å². The number of hydrogen-bond donors (Lipinski definition) is 1. The number of hydrogen-bond acceptors (Lipinski definition) is 8. The SMILES string of the molecule is CCOC(=O)Cc1nnc2c(c1C(=O)OCC)C(=O)NC2=O. The minimum Gasteiger partial charge on any atom is -0.466 e. The van der Waals surface area contributed by atoms with Crippen molar-refractivity contribution in [3.8, 4) is 0 Å². The first-order valence-electron chi connectivity index (χ1n) is 6.57. The molecule has 1 N–H and O–H groups in total. The minimum absolute atomic E-state index is 0.0599. The molecule has 1 aliphatic rings. The van der Waals surface area contributed by atoms with Gasteiger partial charge in [-0.25, -0.2) is 4.79 Å². The van der Waals surface area contributed by atoms with Crippen LogP contribution in [0.25, 0.3) is 0 Å². The smallest absolute Gasteiger partial charge is 0.340 e. The van der Waals surface area contributed by atoms with Crippen LogP contribution in [-0.4, -0.2) is 47.2 Å². The van der Waals surface area contributed by atoms with Crippen LogP contribution in [0.5, 0.6) is 0 Å². The molecule has 0 fully saturated rings. The molecule has 0 radical (unpaired) electrons. The maximum atomic E-state index is 12.1. The van der Waals surface area contributed by atoms with Gasteiger partial charge in [-0.1, -0.05) is 0 Å². The maximum absolute atomic E-state index is 12.1. The summed E-state index contributed by atoms with van der Waals surface area (Å²) in [5, 5.41) is 9.33. The van der Waals surface area contributed by atoms with Gasteiger partial charge >= 0.3 is 11.9 Å². The maximum Gasteiger partial charge on any atom is 0.340 e. The van der Waals surface area contributed by atoms with Gasteiger partial charge in [0, 0.05) is 0 Å². The Kier molecular flexibility index (Phi) is 4.44. The monoisotopic (exact) mass is 307 g/mol. The second-order valence-corrected chi connectivity index (χ2v) is 4.23. The molecule has 22 heavy (non-hydrogen) atoms. The number of fused-ring (bicyclic) bond motifs is 1. The third kappa shape index (κ3) is 2.78. The Bertz CT molecular complexity index is 670.